The van der Waals surface area contributed by atoms with Gasteiger partial charge in [-0.1, -0.05) is 29.8 Å². The van der Waals surface area contributed by atoms with E-state index in [1.54, 1.807) is 12.1 Å². The average molecular weight is 303 g/mol. The SMILES string of the molecule is CC(C)NCCC(=O)Nc1cc(Br)ccc1F. The van der Waals surface area contributed by atoms with Crippen LogP contribution in [0.4, 0.5) is 10.1 Å². The molecule has 0 heterocycles. The Morgan fingerprint density at radius 1 is 1.47 bits per heavy atom. The lowest BCUT2D eigenvalue weighted by Crippen LogP contribution is -2.27. The van der Waals surface area contributed by atoms with Crippen LogP contribution in [-0.2, 0) is 4.79 Å². The maximum Gasteiger partial charge on any atom is 0.225 e. The van der Waals surface area contributed by atoms with Gasteiger partial charge >= 0.3 is 0 Å². The van der Waals surface area contributed by atoms with Gasteiger partial charge in [-0.05, 0) is 18.2 Å². The Morgan fingerprint density at radius 3 is 2.82 bits per heavy atom. The minimum atomic E-state index is -0.432. The zero-order valence-corrected chi connectivity index (χ0v) is 11.5. The van der Waals surface area contributed by atoms with Crippen molar-refractivity contribution in [2.45, 2.75) is 26.3 Å². The summed E-state index contributed by atoms with van der Waals surface area (Å²) in [5.41, 5.74) is 0.203. The summed E-state index contributed by atoms with van der Waals surface area (Å²) in [5.74, 6) is -0.631. The first kappa shape index (κ1) is 14.1. The third kappa shape index (κ3) is 5.28. The number of nitrogens with one attached hydrogen (secondary N) is 2. The number of rotatable bonds is 5. The predicted molar refractivity (Wildman–Crippen MR) is 70.5 cm³/mol. The van der Waals surface area contributed by atoms with Gasteiger partial charge in [0.15, 0.2) is 0 Å². The number of carbonyl (C=O) groups is 1. The van der Waals surface area contributed by atoms with E-state index in [0.29, 0.717) is 19.0 Å². The molecule has 0 aromatic heterocycles. The molecule has 0 fully saturated rings. The molecule has 0 radical (unpaired) electrons. The Hall–Kier alpha value is -0.940. The van der Waals surface area contributed by atoms with Crippen molar-refractivity contribution in [2.24, 2.45) is 0 Å². The lowest BCUT2D eigenvalue weighted by atomic mass is 10.3. The number of benzene rings is 1. The van der Waals surface area contributed by atoms with E-state index in [9.17, 15) is 9.18 Å². The summed E-state index contributed by atoms with van der Waals surface area (Å²) < 4.78 is 14.1. The van der Waals surface area contributed by atoms with Crippen molar-refractivity contribution in [3.63, 3.8) is 0 Å². The molecule has 17 heavy (non-hydrogen) atoms. The molecule has 3 nitrogen and oxygen atoms in total. The molecular formula is C12H16BrFN2O. The first-order valence-electron chi connectivity index (χ1n) is 5.47. The van der Waals surface area contributed by atoms with E-state index in [1.807, 2.05) is 13.8 Å². The van der Waals surface area contributed by atoms with Gasteiger partial charge in [0.1, 0.15) is 5.82 Å². The van der Waals surface area contributed by atoms with Gasteiger partial charge in [-0.2, -0.15) is 0 Å². The molecule has 0 bridgehead atoms. The molecule has 0 spiro atoms. The number of anilines is 1. The molecule has 0 saturated heterocycles. The number of carbonyl (C=O) groups excluding carboxylic acids is 1. The second-order valence-electron chi connectivity index (χ2n) is 4.03. The third-order valence-electron chi connectivity index (χ3n) is 2.11. The van der Waals surface area contributed by atoms with Gasteiger partial charge in [-0.25, -0.2) is 4.39 Å². The smallest absolute Gasteiger partial charge is 0.225 e. The normalized spacial score (nSPS) is 10.6. The van der Waals surface area contributed by atoms with E-state index in [-0.39, 0.29) is 11.6 Å². The first-order valence-corrected chi connectivity index (χ1v) is 6.26. The summed E-state index contributed by atoms with van der Waals surface area (Å²) in [5, 5.41) is 5.67. The van der Waals surface area contributed by atoms with Gasteiger partial charge in [0.25, 0.3) is 0 Å². The second-order valence-corrected chi connectivity index (χ2v) is 4.95. The molecule has 0 aliphatic rings. The number of halogens is 2. The summed E-state index contributed by atoms with van der Waals surface area (Å²) in [6.07, 6.45) is 0.324. The van der Waals surface area contributed by atoms with Crippen LogP contribution in [0, 0.1) is 5.82 Å². The van der Waals surface area contributed by atoms with Gasteiger partial charge in [0, 0.05) is 23.5 Å². The van der Waals surface area contributed by atoms with Crippen molar-refractivity contribution in [2.75, 3.05) is 11.9 Å². The van der Waals surface area contributed by atoms with Crippen molar-refractivity contribution < 1.29 is 9.18 Å². The molecule has 5 heteroatoms. The molecule has 1 aromatic carbocycles. The topological polar surface area (TPSA) is 41.1 Å². The fraction of sp³-hybridized carbons (Fsp3) is 0.417. The quantitative estimate of drug-likeness (QED) is 0.878. The van der Waals surface area contributed by atoms with E-state index in [0.717, 1.165) is 4.47 Å². The standard InChI is InChI=1S/C12H16BrFN2O/c1-8(2)15-6-5-12(17)16-11-7-9(13)3-4-10(11)14/h3-4,7-8,15H,5-6H2,1-2H3,(H,16,17). The first-order chi connectivity index (χ1) is 7.99. The van der Waals surface area contributed by atoms with Crippen LogP contribution in [0.1, 0.15) is 20.3 Å². The van der Waals surface area contributed by atoms with Crippen molar-refractivity contribution in [3.05, 3.63) is 28.5 Å². The Labute approximate surface area is 109 Å². The molecule has 1 rings (SSSR count). The van der Waals surface area contributed by atoms with E-state index >= 15 is 0 Å². The van der Waals surface area contributed by atoms with Gasteiger partial charge < -0.3 is 10.6 Å². The molecule has 2 N–H and O–H groups in total. The van der Waals surface area contributed by atoms with Crippen LogP contribution < -0.4 is 10.6 Å². The Morgan fingerprint density at radius 2 is 2.18 bits per heavy atom. The van der Waals surface area contributed by atoms with E-state index in [4.69, 9.17) is 0 Å². The minimum Gasteiger partial charge on any atom is -0.324 e. The minimum absolute atomic E-state index is 0.199. The summed E-state index contributed by atoms with van der Waals surface area (Å²) in [6.45, 7) is 4.59. The fourth-order valence-corrected chi connectivity index (χ4v) is 1.64. The van der Waals surface area contributed by atoms with Crippen molar-refractivity contribution in [1.82, 2.24) is 5.32 Å². The lowest BCUT2D eigenvalue weighted by Gasteiger charge is -2.09. The maximum absolute atomic E-state index is 13.3. The number of hydrogen-bond acceptors (Lipinski definition) is 2. The van der Waals surface area contributed by atoms with Crippen LogP contribution in [0.2, 0.25) is 0 Å². The van der Waals surface area contributed by atoms with Gasteiger partial charge in [-0.15, -0.1) is 0 Å². The molecule has 0 unspecified atom stereocenters. The lowest BCUT2D eigenvalue weighted by molar-refractivity contribution is -0.116. The predicted octanol–water partition coefficient (Wildman–Crippen LogP) is 2.91. The van der Waals surface area contributed by atoms with Gasteiger partial charge in [-0.3, -0.25) is 4.79 Å². The Balaban J connectivity index is 2.47. The molecule has 1 amide bonds. The molecule has 0 aliphatic heterocycles. The highest BCUT2D eigenvalue weighted by Gasteiger charge is 2.07. The summed E-state index contributed by atoms with van der Waals surface area (Å²) in [7, 11) is 0. The highest BCUT2D eigenvalue weighted by atomic mass is 79.9. The maximum atomic E-state index is 13.3. The zero-order chi connectivity index (χ0) is 12.8. The second kappa shape index (κ2) is 6.71. The summed E-state index contributed by atoms with van der Waals surface area (Å²) in [4.78, 5) is 11.5. The largest absolute Gasteiger partial charge is 0.324 e. The molecule has 0 saturated carbocycles. The fourth-order valence-electron chi connectivity index (χ4n) is 1.28. The third-order valence-corrected chi connectivity index (χ3v) is 2.60. The van der Waals surface area contributed by atoms with Gasteiger partial charge in [0.05, 0.1) is 5.69 Å². The Kier molecular flexibility index (Phi) is 5.58. The zero-order valence-electron chi connectivity index (χ0n) is 9.89. The van der Waals surface area contributed by atoms with Crippen molar-refractivity contribution in [3.8, 4) is 0 Å². The van der Waals surface area contributed by atoms with Crippen LogP contribution in [-0.4, -0.2) is 18.5 Å². The van der Waals surface area contributed by atoms with Gasteiger partial charge in [0.2, 0.25) is 5.91 Å². The highest BCUT2D eigenvalue weighted by Crippen LogP contribution is 2.19. The van der Waals surface area contributed by atoms with Crippen LogP contribution in [0.25, 0.3) is 0 Å². The van der Waals surface area contributed by atoms with E-state index in [2.05, 4.69) is 26.6 Å². The van der Waals surface area contributed by atoms with E-state index < -0.39 is 5.82 Å². The van der Waals surface area contributed by atoms with Crippen LogP contribution in [0.3, 0.4) is 0 Å². The molecule has 94 valence electrons. The van der Waals surface area contributed by atoms with Crippen molar-refractivity contribution >= 4 is 27.5 Å². The number of hydrogen-bond donors (Lipinski definition) is 2. The molecule has 1 aromatic rings. The highest BCUT2D eigenvalue weighted by molar-refractivity contribution is 9.10. The summed E-state index contributed by atoms with van der Waals surface area (Å²) in [6, 6.07) is 4.78. The average Bonchev–Trinajstić information content (AvgIpc) is 2.23. The number of amides is 1. The summed E-state index contributed by atoms with van der Waals surface area (Å²) >= 11 is 3.23. The van der Waals surface area contributed by atoms with Crippen LogP contribution in [0.5, 0.6) is 0 Å². The van der Waals surface area contributed by atoms with Crippen molar-refractivity contribution in [1.29, 1.82) is 0 Å². The molecular weight excluding hydrogens is 287 g/mol. The molecule has 0 aliphatic carbocycles. The van der Waals surface area contributed by atoms with Crippen LogP contribution >= 0.6 is 15.9 Å². The monoisotopic (exact) mass is 302 g/mol. The van der Waals surface area contributed by atoms with E-state index in [1.165, 1.54) is 6.07 Å². The molecule has 0 atom stereocenters. The van der Waals surface area contributed by atoms with Crippen LogP contribution in [0.15, 0.2) is 22.7 Å². The Bertz CT molecular complexity index is 396.